The Balaban J connectivity index is 2.40. The van der Waals surface area contributed by atoms with Crippen molar-refractivity contribution in [1.82, 2.24) is 10.3 Å². The molecule has 1 N–H and O–H groups in total. The van der Waals surface area contributed by atoms with Gasteiger partial charge in [0.25, 0.3) is 0 Å². The van der Waals surface area contributed by atoms with Crippen LogP contribution in [0.2, 0.25) is 5.02 Å². The Bertz CT molecular complexity index is 413. The Morgan fingerprint density at radius 1 is 1.61 bits per heavy atom. The van der Waals surface area contributed by atoms with Crippen molar-refractivity contribution in [3.63, 3.8) is 0 Å². The van der Waals surface area contributed by atoms with Gasteiger partial charge in [0.2, 0.25) is 0 Å². The molecule has 0 radical (unpaired) electrons. The third kappa shape index (κ3) is 4.16. The minimum atomic E-state index is -0.394. The average molecular weight is 284 g/mol. The molecule has 0 bridgehead atoms. The van der Waals surface area contributed by atoms with Gasteiger partial charge in [-0.05, 0) is 44.2 Å². The van der Waals surface area contributed by atoms with E-state index in [2.05, 4.69) is 16.4 Å². The molecule has 1 heterocycles. The van der Waals surface area contributed by atoms with Crippen LogP contribution < -0.4 is 5.32 Å². The number of nitriles is 1. The van der Waals surface area contributed by atoms with Crippen molar-refractivity contribution >= 4 is 23.4 Å². The van der Waals surface area contributed by atoms with Crippen molar-refractivity contribution in [3.8, 4) is 6.07 Å². The molecule has 98 valence electrons. The Morgan fingerprint density at radius 2 is 2.39 bits per heavy atom. The zero-order valence-electron chi connectivity index (χ0n) is 10.7. The van der Waals surface area contributed by atoms with E-state index in [-0.39, 0.29) is 0 Å². The van der Waals surface area contributed by atoms with E-state index in [1.807, 2.05) is 26.1 Å². The number of aromatic nitrogens is 1. The van der Waals surface area contributed by atoms with E-state index in [9.17, 15) is 5.26 Å². The Kier molecular flexibility index (Phi) is 6.48. The second kappa shape index (κ2) is 7.63. The molecule has 0 fully saturated rings. The van der Waals surface area contributed by atoms with Gasteiger partial charge in [0.15, 0.2) is 0 Å². The van der Waals surface area contributed by atoms with E-state index >= 15 is 0 Å². The second-order valence-corrected chi connectivity index (χ2v) is 5.53. The number of hydrogen-bond donors (Lipinski definition) is 1. The molecule has 1 aromatic heterocycles. The Morgan fingerprint density at radius 3 is 2.94 bits per heavy atom. The maximum absolute atomic E-state index is 9.18. The van der Waals surface area contributed by atoms with Crippen molar-refractivity contribution in [2.45, 2.75) is 36.8 Å². The lowest BCUT2D eigenvalue weighted by atomic mass is 9.93. The number of nitrogens with zero attached hydrogens (tertiary/aromatic N) is 2. The van der Waals surface area contributed by atoms with Crippen LogP contribution in [-0.4, -0.2) is 23.3 Å². The van der Waals surface area contributed by atoms with E-state index in [1.54, 1.807) is 18.0 Å². The lowest BCUT2D eigenvalue weighted by Crippen LogP contribution is -2.40. The molecule has 0 aromatic carbocycles. The van der Waals surface area contributed by atoms with Crippen LogP contribution in [0.25, 0.3) is 0 Å². The minimum Gasteiger partial charge on any atom is -0.302 e. The molecule has 0 saturated carbocycles. The van der Waals surface area contributed by atoms with Crippen LogP contribution in [-0.2, 0) is 0 Å². The molecule has 0 aliphatic carbocycles. The molecular formula is C13H18ClN3S. The fourth-order valence-electron chi connectivity index (χ4n) is 1.69. The number of pyridine rings is 1. The Hall–Kier alpha value is -0.760. The number of hydrogen-bond acceptors (Lipinski definition) is 4. The SMILES string of the molecule is CCC(C#N)(CCCSc1ncccc1Cl)NC. The molecule has 1 aromatic rings. The van der Waals surface area contributed by atoms with Gasteiger partial charge in [-0.25, -0.2) is 4.98 Å². The van der Waals surface area contributed by atoms with E-state index in [4.69, 9.17) is 11.6 Å². The topological polar surface area (TPSA) is 48.7 Å². The van der Waals surface area contributed by atoms with Crippen LogP contribution in [0.3, 0.4) is 0 Å². The van der Waals surface area contributed by atoms with Crippen molar-refractivity contribution in [1.29, 1.82) is 5.26 Å². The Labute approximate surface area is 118 Å². The first-order chi connectivity index (χ1) is 8.67. The molecule has 1 unspecified atom stereocenters. The van der Waals surface area contributed by atoms with Gasteiger partial charge in [-0.2, -0.15) is 5.26 Å². The average Bonchev–Trinajstić information content (AvgIpc) is 2.42. The van der Waals surface area contributed by atoms with E-state index < -0.39 is 5.54 Å². The molecule has 1 atom stereocenters. The molecule has 0 aliphatic rings. The summed E-state index contributed by atoms with van der Waals surface area (Å²) in [6, 6.07) is 6.03. The molecule has 3 nitrogen and oxygen atoms in total. The highest BCUT2D eigenvalue weighted by Crippen LogP contribution is 2.26. The largest absolute Gasteiger partial charge is 0.302 e. The first kappa shape index (κ1) is 15.3. The monoisotopic (exact) mass is 283 g/mol. The standard InChI is InChI=1S/C13H18ClN3S/c1-3-13(10-15,16-2)7-5-9-18-12-11(14)6-4-8-17-12/h4,6,8,16H,3,5,7,9H2,1-2H3. The van der Waals surface area contributed by atoms with Crippen molar-refractivity contribution in [2.24, 2.45) is 0 Å². The van der Waals surface area contributed by atoms with Crippen LogP contribution in [0.4, 0.5) is 0 Å². The van der Waals surface area contributed by atoms with Gasteiger partial charge in [0.05, 0.1) is 11.1 Å². The zero-order valence-corrected chi connectivity index (χ0v) is 12.3. The lowest BCUT2D eigenvalue weighted by Gasteiger charge is -2.24. The minimum absolute atomic E-state index is 0.394. The smallest absolute Gasteiger partial charge is 0.115 e. The van der Waals surface area contributed by atoms with Crippen LogP contribution in [0, 0.1) is 11.3 Å². The second-order valence-electron chi connectivity index (χ2n) is 4.04. The van der Waals surface area contributed by atoms with Crippen LogP contribution in [0.5, 0.6) is 0 Å². The summed E-state index contributed by atoms with van der Waals surface area (Å²) in [5.74, 6) is 0.918. The first-order valence-corrected chi connectivity index (χ1v) is 7.37. The predicted octanol–water partition coefficient (Wildman–Crippen LogP) is 3.50. The van der Waals surface area contributed by atoms with Gasteiger partial charge in [0.1, 0.15) is 10.6 Å². The van der Waals surface area contributed by atoms with Gasteiger partial charge < -0.3 is 5.32 Å². The van der Waals surface area contributed by atoms with Crippen LogP contribution in [0.1, 0.15) is 26.2 Å². The number of halogens is 1. The maximum atomic E-state index is 9.18. The van der Waals surface area contributed by atoms with Gasteiger partial charge in [-0.1, -0.05) is 18.5 Å². The molecular weight excluding hydrogens is 266 g/mol. The molecule has 0 amide bonds. The number of thioether (sulfide) groups is 1. The molecule has 5 heteroatoms. The summed E-state index contributed by atoms with van der Waals surface area (Å²) in [4.78, 5) is 4.22. The van der Waals surface area contributed by atoms with Gasteiger partial charge >= 0.3 is 0 Å². The van der Waals surface area contributed by atoms with E-state index in [0.717, 1.165) is 30.0 Å². The van der Waals surface area contributed by atoms with E-state index in [0.29, 0.717) is 5.02 Å². The summed E-state index contributed by atoms with van der Waals surface area (Å²) in [7, 11) is 1.84. The fraction of sp³-hybridized carbons (Fsp3) is 0.538. The molecule has 0 spiro atoms. The fourth-order valence-corrected chi connectivity index (χ4v) is 2.80. The summed E-state index contributed by atoms with van der Waals surface area (Å²) in [5.41, 5.74) is -0.394. The highest BCUT2D eigenvalue weighted by atomic mass is 35.5. The normalized spacial score (nSPS) is 13.9. The molecule has 1 rings (SSSR count). The quantitative estimate of drug-likeness (QED) is 0.615. The summed E-state index contributed by atoms with van der Waals surface area (Å²) < 4.78 is 0. The molecule has 0 saturated heterocycles. The third-order valence-electron chi connectivity index (χ3n) is 3.01. The summed E-state index contributed by atoms with van der Waals surface area (Å²) in [5, 5.41) is 13.9. The van der Waals surface area contributed by atoms with Gasteiger partial charge in [-0.15, -0.1) is 11.8 Å². The van der Waals surface area contributed by atoms with Crippen LogP contribution >= 0.6 is 23.4 Å². The van der Waals surface area contributed by atoms with Crippen molar-refractivity contribution < 1.29 is 0 Å². The van der Waals surface area contributed by atoms with Crippen LogP contribution in [0.15, 0.2) is 23.4 Å². The van der Waals surface area contributed by atoms with E-state index in [1.165, 1.54) is 0 Å². The number of nitrogens with one attached hydrogen (secondary N) is 1. The van der Waals surface area contributed by atoms with Crippen molar-refractivity contribution in [3.05, 3.63) is 23.4 Å². The molecule has 0 aliphatic heterocycles. The molecule has 18 heavy (non-hydrogen) atoms. The van der Waals surface area contributed by atoms with Gasteiger partial charge in [-0.3, -0.25) is 0 Å². The summed E-state index contributed by atoms with van der Waals surface area (Å²) >= 11 is 7.67. The third-order valence-corrected chi connectivity index (χ3v) is 4.52. The van der Waals surface area contributed by atoms with Crippen molar-refractivity contribution in [2.75, 3.05) is 12.8 Å². The summed E-state index contributed by atoms with van der Waals surface area (Å²) in [6.45, 7) is 2.03. The zero-order chi connectivity index (χ0) is 13.4. The number of rotatable bonds is 7. The maximum Gasteiger partial charge on any atom is 0.115 e. The highest BCUT2D eigenvalue weighted by molar-refractivity contribution is 7.99. The lowest BCUT2D eigenvalue weighted by molar-refractivity contribution is 0.400. The first-order valence-electron chi connectivity index (χ1n) is 6.01. The highest BCUT2D eigenvalue weighted by Gasteiger charge is 2.24. The van der Waals surface area contributed by atoms with Gasteiger partial charge in [0, 0.05) is 6.20 Å². The summed E-state index contributed by atoms with van der Waals surface area (Å²) in [6.07, 6.45) is 4.36. The predicted molar refractivity (Wildman–Crippen MR) is 76.9 cm³/mol.